The van der Waals surface area contributed by atoms with Gasteiger partial charge >= 0.3 is 5.97 Å². The number of nitrogens with zero attached hydrogens (tertiary/aromatic N) is 1. The topological polar surface area (TPSA) is 76.2 Å². The number of fused-ring (bicyclic) bond motifs is 1. The molecular weight excluding hydrogens is 228 g/mol. The molecule has 18 heavy (non-hydrogen) atoms. The quantitative estimate of drug-likeness (QED) is 0.841. The fourth-order valence-corrected chi connectivity index (χ4v) is 2.05. The lowest BCUT2D eigenvalue weighted by atomic mass is 9.95. The molecule has 0 bridgehead atoms. The fraction of sp³-hybridized carbons (Fsp3) is 0.286. The van der Waals surface area contributed by atoms with Crippen LogP contribution in [0, 0.1) is 5.92 Å². The van der Waals surface area contributed by atoms with Crippen LogP contribution >= 0.6 is 0 Å². The van der Waals surface area contributed by atoms with Crippen molar-refractivity contribution in [3.63, 3.8) is 0 Å². The zero-order chi connectivity index (χ0) is 13.0. The van der Waals surface area contributed by atoms with Crippen LogP contribution in [0.1, 0.15) is 12.0 Å². The van der Waals surface area contributed by atoms with Gasteiger partial charge in [-0.05, 0) is 43.1 Å². The number of carbonyl (C=O) groups is 1. The Labute approximate surface area is 105 Å². The third kappa shape index (κ3) is 2.84. The number of hydrogen-bond donors (Lipinski definition) is 2. The molecule has 2 aromatic rings. The van der Waals surface area contributed by atoms with E-state index >= 15 is 0 Å². The van der Waals surface area contributed by atoms with Crippen LogP contribution in [-0.2, 0) is 11.2 Å². The van der Waals surface area contributed by atoms with E-state index in [4.69, 9.17) is 10.8 Å². The van der Waals surface area contributed by atoms with Gasteiger partial charge in [-0.15, -0.1) is 0 Å². The van der Waals surface area contributed by atoms with E-state index in [2.05, 4.69) is 4.98 Å². The Bertz CT molecular complexity index is 554. The second-order valence-electron chi connectivity index (χ2n) is 4.35. The molecule has 1 aromatic carbocycles. The predicted octanol–water partition coefficient (Wildman–Crippen LogP) is 1.83. The lowest BCUT2D eigenvalue weighted by molar-refractivity contribution is -0.141. The molecule has 0 saturated carbocycles. The van der Waals surface area contributed by atoms with Crippen LogP contribution in [0.5, 0.6) is 0 Å². The number of carboxylic acids is 1. The maximum Gasteiger partial charge on any atom is 0.306 e. The van der Waals surface area contributed by atoms with E-state index in [0.717, 1.165) is 16.5 Å². The Morgan fingerprint density at radius 2 is 2.22 bits per heavy atom. The minimum Gasteiger partial charge on any atom is -0.481 e. The number of pyridine rings is 1. The molecule has 4 nitrogen and oxygen atoms in total. The van der Waals surface area contributed by atoms with Crippen molar-refractivity contribution >= 4 is 16.9 Å². The normalized spacial score (nSPS) is 12.5. The fourth-order valence-electron chi connectivity index (χ4n) is 2.05. The summed E-state index contributed by atoms with van der Waals surface area (Å²) in [6.07, 6.45) is 2.76. The van der Waals surface area contributed by atoms with E-state index in [-0.39, 0.29) is 0 Å². The van der Waals surface area contributed by atoms with Gasteiger partial charge in [-0.3, -0.25) is 9.78 Å². The zero-order valence-electron chi connectivity index (χ0n) is 10.0. The molecule has 0 aliphatic heterocycles. The number of aliphatic carboxylic acids is 1. The van der Waals surface area contributed by atoms with Crippen molar-refractivity contribution in [2.45, 2.75) is 12.8 Å². The first-order chi connectivity index (χ1) is 8.70. The van der Waals surface area contributed by atoms with E-state index in [1.54, 1.807) is 6.20 Å². The highest BCUT2D eigenvalue weighted by atomic mass is 16.4. The van der Waals surface area contributed by atoms with Gasteiger partial charge in [-0.1, -0.05) is 12.1 Å². The number of rotatable bonds is 5. The summed E-state index contributed by atoms with van der Waals surface area (Å²) in [7, 11) is 0. The van der Waals surface area contributed by atoms with Gasteiger partial charge in [0.25, 0.3) is 0 Å². The second kappa shape index (κ2) is 5.60. The van der Waals surface area contributed by atoms with Crippen LogP contribution in [0.25, 0.3) is 10.9 Å². The smallest absolute Gasteiger partial charge is 0.306 e. The van der Waals surface area contributed by atoms with Gasteiger partial charge in [0.05, 0.1) is 11.4 Å². The van der Waals surface area contributed by atoms with Crippen LogP contribution in [0.2, 0.25) is 0 Å². The summed E-state index contributed by atoms with van der Waals surface area (Å²) >= 11 is 0. The summed E-state index contributed by atoms with van der Waals surface area (Å²) in [4.78, 5) is 15.3. The molecule has 0 fully saturated rings. The summed E-state index contributed by atoms with van der Waals surface area (Å²) in [5.41, 5.74) is 7.37. The first-order valence-electron chi connectivity index (χ1n) is 5.97. The molecule has 1 atom stereocenters. The number of hydrogen-bond acceptors (Lipinski definition) is 3. The number of aromatic nitrogens is 1. The summed E-state index contributed by atoms with van der Waals surface area (Å²) < 4.78 is 0. The minimum atomic E-state index is -0.785. The maximum atomic E-state index is 11.1. The highest BCUT2D eigenvalue weighted by molar-refractivity contribution is 5.79. The van der Waals surface area contributed by atoms with Gasteiger partial charge in [-0.25, -0.2) is 0 Å². The Morgan fingerprint density at radius 3 is 2.94 bits per heavy atom. The molecule has 3 N–H and O–H groups in total. The van der Waals surface area contributed by atoms with E-state index in [9.17, 15) is 4.79 Å². The third-order valence-corrected chi connectivity index (χ3v) is 3.01. The van der Waals surface area contributed by atoms with Crippen LogP contribution in [0.15, 0.2) is 36.5 Å². The lowest BCUT2D eigenvalue weighted by Gasteiger charge is -2.11. The van der Waals surface area contributed by atoms with Crippen LogP contribution in [0.4, 0.5) is 0 Å². The molecule has 4 heteroatoms. The van der Waals surface area contributed by atoms with Crippen molar-refractivity contribution in [3.05, 3.63) is 42.1 Å². The Morgan fingerprint density at radius 1 is 1.39 bits per heavy atom. The van der Waals surface area contributed by atoms with Crippen molar-refractivity contribution in [2.24, 2.45) is 11.7 Å². The van der Waals surface area contributed by atoms with Gasteiger partial charge < -0.3 is 10.8 Å². The van der Waals surface area contributed by atoms with Crippen molar-refractivity contribution < 1.29 is 9.90 Å². The molecule has 1 heterocycles. The number of carboxylic acid groups (broad SMARTS) is 1. The van der Waals surface area contributed by atoms with E-state index in [1.807, 2.05) is 30.3 Å². The molecule has 0 amide bonds. The molecule has 1 aromatic heterocycles. The summed E-state index contributed by atoms with van der Waals surface area (Å²) in [6, 6.07) is 9.70. The average Bonchev–Trinajstić information content (AvgIpc) is 2.38. The minimum absolute atomic E-state index is 0.395. The standard InChI is InChI=1S/C14H16N2O2/c15-6-5-12(14(17)18)9-10-3-4-13-11(8-10)2-1-7-16-13/h1-4,7-8,12H,5-6,9,15H2,(H,17,18). The Balaban J connectivity index is 2.22. The Kier molecular flexibility index (Phi) is 3.89. The lowest BCUT2D eigenvalue weighted by Crippen LogP contribution is -2.20. The van der Waals surface area contributed by atoms with Crippen LogP contribution in [-0.4, -0.2) is 22.6 Å². The van der Waals surface area contributed by atoms with Crippen molar-refractivity contribution in [2.75, 3.05) is 6.54 Å². The molecule has 0 aliphatic rings. The summed E-state index contributed by atoms with van der Waals surface area (Å²) in [5.74, 6) is -1.20. The summed E-state index contributed by atoms with van der Waals surface area (Å²) in [6.45, 7) is 0.395. The van der Waals surface area contributed by atoms with Gasteiger partial charge in [0.2, 0.25) is 0 Å². The molecule has 0 saturated heterocycles. The first kappa shape index (κ1) is 12.5. The summed E-state index contributed by atoms with van der Waals surface area (Å²) in [5, 5.41) is 10.1. The third-order valence-electron chi connectivity index (χ3n) is 3.01. The van der Waals surface area contributed by atoms with E-state index in [0.29, 0.717) is 19.4 Å². The van der Waals surface area contributed by atoms with Crippen LogP contribution < -0.4 is 5.73 Å². The van der Waals surface area contributed by atoms with Gasteiger partial charge in [0, 0.05) is 11.6 Å². The maximum absolute atomic E-state index is 11.1. The molecule has 1 unspecified atom stereocenters. The number of benzene rings is 1. The monoisotopic (exact) mass is 244 g/mol. The second-order valence-corrected chi connectivity index (χ2v) is 4.35. The average molecular weight is 244 g/mol. The SMILES string of the molecule is NCCC(Cc1ccc2ncccc2c1)C(=O)O. The highest BCUT2D eigenvalue weighted by Gasteiger charge is 2.17. The van der Waals surface area contributed by atoms with Gasteiger partial charge in [0.1, 0.15) is 0 Å². The highest BCUT2D eigenvalue weighted by Crippen LogP contribution is 2.17. The zero-order valence-corrected chi connectivity index (χ0v) is 10.0. The van der Waals surface area contributed by atoms with Crippen molar-refractivity contribution in [1.82, 2.24) is 4.98 Å². The van der Waals surface area contributed by atoms with Crippen LogP contribution in [0.3, 0.4) is 0 Å². The largest absolute Gasteiger partial charge is 0.481 e. The Hall–Kier alpha value is -1.94. The van der Waals surface area contributed by atoms with Crippen molar-refractivity contribution in [3.8, 4) is 0 Å². The molecule has 94 valence electrons. The number of nitrogens with two attached hydrogens (primary N) is 1. The van der Waals surface area contributed by atoms with Gasteiger partial charge in [-0.2, -0.15) is 0 Å². The molecule has 0 spiro atoms. The first-order valence-corrected chi connectivity index (χ1v) is 5.97. The van der Waals surface area contributed by atoms with E-state index in [1.165, 1.54) is 0 Å². The van der Waals surface area contributed by atoms with Crippen molar-refractivity contribution in [1.29, 1.82) is 0 Å². The predicted molar refractivity (Wildman–Crippen MR) is 70.2 cm³/mol. The molecule has 0 aliphatic carbocycles. The van der Waals surface area contributed by atoms with Gasteiger partial charge in [0.15, 0.2) is 0 Å². The van der Waals surface area contributed by atoms with E-state index < -0.39 is 11.9 Å². The molecule has 0 radical (unpaired) electrons. The molecule has 2 rings (SSSR count). The molecular formula is C14H16N2O2.